The highest BCUT2D eigenvalue weighted by atomic mass is 32.1. The number of carbonyl (C=O) groups is 2. The lowest BCUT2D eigenvalue weighted by Gasteiger charge is -2.14. The Bertz CT molecular complexity index is 623. The molecule has 2 aromatic rings. The molecule has 0 spiro atoms. The summed E-state index contributed by atoms with van der Waals surface area (Å²) in [6.07, 6.45) is 0.804. The van der Waals surface area contributed by atoms with Crippen LogP contribution in [-0.4, -0.2) is 23.1 Å². The molecule has 5 nitrogen and oxygen atoms in total. The Hall–Kier alpha value is -2.34. The summed E-state index contributed by atoms with van der Waals surface area (Å²) in [6, 6.07) is 10.3. The Morgan fingerprint density at radius 2 is 1.95 bits per heavy atom. The summed E-state index contributed by atoms with van der Waals surface area (Å²) in [5, 5.41) is 16.5. The van der Waals surface area contributed by atoms with Gasteiger partial charge in [0.25, 0.3) is 0 Å². The molecule has 22 heavy (non-hydrogen) atoms. The van der Waals surface area contributed by atoms with Gasteiger partial charge in [0.1, 0.15) is 0 Å². The van der Waals surface area contributed by atoms with Crippen molar-refractivity contribution in [2.45, 2.75) is 25.9 Å². The van der Waals surface area contributed by atoms with E-state index >= 15 is 0 Å². The van der Waals surface area contributed by atoms with E-state index in [9.17, 15) is 9.59 Å². The van der Waals surface area contributed by atoms with Crippen molar-refractivity contribution in [3.05, 3.63) is 57.8 Å². The second-order valence-corrected chi connectivity index (χ2v) is 6.05. The maximum atomic E-state index is 11.8. The van der Waals surface area contributed by atoms with Gasteiger partial charge >= 0.3 is 12.0 Å². The van der Waals surface area contributed by atoms with E-state index in [1.807, 2.05) is 24.4 Å². The third-order valence-electron chi connectivity index (χ3n) is 3.12. The fourth-order valence-corrected chi connectivity index (χ4v) is 2.84. The van der Waals surface area contributed by atoms with E-state index in [1.54, 1.807) is 23.5 Å². The number of amides is 2. The molecule has 0 saturated heterocycles. The normalized spacial score (nSPS) is 11.7. The Kier molecular flexibility index (Phi) is 5.55. The molecule has 0 saturated carbocycles. The predicted molar refractivity (Wildman–Crippen MR) is 86.3 cm³/mol. The molecule has 1 aromatic carbocycles. The van der Waals surface area contributed by atoms with E-state index < -0.39 is 5.97 Å². The van der Waals surface area contributed by atoms with Crippen LogP contribution in [0.15, 0.2) is 41.8 Å². The van der Waals surface area contributed by atoms with Crippen LogP contribution in [0.1, 0.15) is 27.7 Å². The molecule has 0 aliphatic rings. The molecule has 0 bridgehead atoms. The molecule has 0 aliphatic carbocycles. The van der Waals surface area contributed by atoms with Gasteiger partial charge < -0.3 is 15.7 Å². The number of carbonyl (C=O) groups excluding carboxylic acids is 1. The van der Waals surface area contributed by atoms with Gasteiger partial charge in [-0.25, -0.2) is 9.59 Å². The summed E-state index contributed by atoms with van der Waals surface area (Å²) in [4.78, 5) is 23.8. The highest BCUT2D eigenvalue weighted by molar-refractivity contribution is 7.09. The van der Waals surface area contributed by atoms with E-state index in [2.05, 4.69) is 10.6 Å². The van der Waals surface area contributed by atoms with Crippen molar-refractivity contribution in [2.24, 2.45) is 0 Å². The van der Waals surface area contributed by atoms with Gasteiger partial charge in [0, 0.05) is 23.9 Å². The number of hydrogen-bond acceptors (Lipinski definition) is 3. The lowest BCUT2D eigenvalue weighted by atomic mass is 10.1. The van der Waals surface area contributed by atoms with Crippen molar-refractivity contribution in [2.75, 3.05) is 0 Å². The monoisotopic (exact) mass is 318 g/mol. The third kappa shape index (κ3) is 4.89. The van der Waals surface area contributed by atoms with Gasteiger partial charge in [0.15, 0.2) is 0 Å². The summed E-state index contributed by atoms with van der Waals surface area (Å²) in [6.45, 7) is 2.32. The molecule has 0 radical (unpaired) electrons. The van der Waals surface area contributed by atoms with E-state index in [0.717, 1.165) is 12.0 Å². The fraction of sp³-hybridized carbons (Fsp3) is 0.250. The second kappa shape index (κ2) is 7.61. The fourth-order valence-electron chi connectivity index (χ4n) is 2.00. The number of carboxylic acids is 1. The van der Waals surface area contributed by atoms with Crippen molar-refractivity contribution in [3.8, 4) is 0 Å². The van der Waals surface area contributed by atoms with E-state index in [0.29, 0.717) is 6.54 Å². The number of carboxylic acid groups (broad SMARTS) is 1. The summed E-state index contributed by atoms with van der Waals surface area (Å²) >= 11 is 1.67. The van der Waals surface area contributed by atoms with Crippen LogP contribution in [-0.2, 0) is 13.0 Å². The molecular weight excluding hydrogens is 300 g/mol. The minimum atomic E-state index is -0.959. The number of urea groups is 1. The van der Waals surface area contributed by atoms with Crippen molar-refractivity contribution in [3.63, 3.8) is 0 Å². The van der Waals surface area contributed by atoms with Gasteiger partial charge in [-0.2, -0.15) is 0 Å². The van der Waals surface area contributed by atoms with Crippen molar-refractivity contribution in [1.82, 2.24) is 10.6 Å². The number of aromatic carboxylic acids is 1. The van der Waals surface area contributed by atoms with Crippen molar-refractivity contribution in [1.29, 1.82) is 0 Å². The van der Waals surface area contributed by atoms with Crippen LogP contribution >= 0.6 is 11.3 Å². The summed E-state index contributed by atoms with van der Waals surface area (Å²) in [7, 11) is 0. The third-order valence-corrected chi connectivity index (χ3v) is 4.02. The predicted octanol–water partition coefficient (Wildman–Crippen LogP) is 2.88. The molecule has 0 aliphatic heterocycles. The minimum absolute atomic E-state index is 0.0491. The zero-order valence-electron chi connectivity index (χ0n) is 12.2. The average Bonchev–Trinajstić information content (AvgIpc) is 2.98. The van der Waals surface area contributed by atoms with E-state index in [-0.39, 0.29) is 17.6 Å². The van der Waals surface area contributed by atoms with Crippen LogP contribution in [0.2, 0.25) is 0 Å². The number of benzene rings is 1. The topological polar surface area (TPSA) is 78.4 Å². The molecule has 1 aromatic heterocycles. The first-order valence-electron chi connectivity index (χ1n) is 6.93. The standard InChI is InChI=1S/C16H18N2O3S/c1-11(9-14-3-2-8-22-14)18-16(21)17-10-12-4-6-13(7-5-12)15(19)20/h2-8,11H,9-10H2,1H3,(H,19,20)(H2,17,18,21). The first-order chi connectivity index (χ1) is 10.5. The molecular formula is C16H18N2O3S. The molecule has 2 rings (SSSR count). The van der Waals surface area contributed by atoms with Crippen LogP contribution in [0, 0.1) is 0 Å². The van der Waals surface area contributed by atoms with Gasteiger partial charge in [-0.05, 0) is 36.1 Å². The zero-order chi connectivity index (χ0) is 15.9. The summed E-state index contributed by atoms with van der Waals surface area (Å²) in [5.41, 5.74) is 1.09. The second-order valence-electron chi connectivity index (χ2n) is 5.01. The maximum Gasteiger partial charge on any atom is 0.335 e. The maximum absolute atomic E-state index is 11.8. The molecule has 1 heterocycles. The average molecular weight is 318 g/mol. The Morgan fingerprint density at radius 1 is 1.23 bits per heavy atom. The zero-order valence-corrected chi connectivity index (χ0v) is 13.0. The number of nitrogens with one attached hydrogen (secondary N) is 2. The number of thiophene rings is 1. The SMILES string of the molecule is CC(Cc1cccs1)NC(=O)NCc1ccc(C(=O)O)cc1. The number of hydrogen-bond donors (Lipinski definition) is 3. The molecule has 1 atom stereocenters. The van der Waals surface area contributed by atoms with Crippen LogP contribution in [0.4, 0.5) is 4.79 Å². The highest BCUT2D eigenvalue weighted by Crippen LogP contribution is 2.10. The largest absolute Gasteiger partial charge is 0.478 e. The minimum Gasteiger partial charge on any atom is -0.478 e. The van der Waals surface area contributed by atoms with Crippen LogP contribution < -0.4 is 10.6 Å². The lowest BCUT2D eigenvalue weighted by molar-refractivity contribution is 0.0697. The van der Waals surface area contributed by atoms with Crippen LogP contribution in [0.3, 0.4) is 0 Å². The highest BCUT2D eigenvalue weighted by Gasteiger charge is 2.08. The smallest absolute Gasteiger partial charge is 0.335 e. The van der Waals surface area contributed by atoms with E-state index in [4.69, 9.17) is 5.11 Å². The molecule has 2 amide bonds. The molecule has 6 heteroatoms. The molecule has 1 unspecified atom stereocenters. The molecule has 116 valence electrons. The van der Waals surface area contributed by atoms with Crippen molar-refractivity contribution >= 4 is 23.3 Å². The lowest BCUT2D eigenvalue weighted by Crippen LogP contribution is -2.41. The van der Waals surface area contributed by atoms with Gasteiger partial charge in [0.05, 0.1) is 5.56 Å². The first kappa shape index (κ1) is 16.0. The van der Waals surface area contributed by atoms with Crippen molar-refractivity contribution < 1.29 is 14.7 Å². The van der Waals surface area contributed by atoms with Crippen LogP contribution in [0.25, 0.3) is 0 Å². The Balaban J connectivity index is 1.76. The molecule has 3 N–H and O–H groups in total. The van der Waals surface area contributed by atoms with E-state index in [1.165, 1.54) is 17.0 Å². The van der Waals surface area contributed by atoms with Gasteiger partial charge in [-0.3, -0.25) is 0 Å². The summed E-state index contributed by atoms with van der Waals surface area (Å²) in [5.74, 6) is -0.959. The van der Waals surface area contributed by atoms with Crippen LogP contribution in [0.5, 0.6) is 0 Å². The summed E-state index contributed by atoms with van der Waals surface area (Å²) < 4.78 is 0. The van der Waals surface area contributed by atoms with Gasteiger partial charge in [0.2, 0.25) is 0 Å². The molecule has 0 fully saturated rings. The quantitative estimate of drug-likeness (QED) is 0.766. The first-order valence-corrected chi connectivity index (χ1v) is 7.81. The van der Waals surface area contributed by atoms with Gasteiger partial charge in [-0.15, -0.1) is 11.3 Å². The number of rotatable bonds is 6. The Labute approximate surface area is 133 Å². The Morgan fingerprint density at radius 3 is 2.55 bits per heavy atom. The van der Waals surface area contributed by atoms with Gasteiger partial charge in [-0.1, -0.05) is 18.2 Å².